The van der Waals surface area contributed by atoms with E-state index in [2.05, 4.69) is 5.32 Å². The third-order valence-corrected chi connectivity index (χ3v) is 4.32. The maximum atomic E-state index is 5.85. The quantitative estimate of drug-likeness (QED) is 0.692. The molecule has 116 valence electrons. The van der Waals surface area contributed by atoms with Crippen LogP contribution >= 0.6 is 0 Å². The average molecular weight is 287 g/mol. The van der Waals surface area contributed by atoms with E-state index in [0.29, 0.717) is 32.5 Å². The Morgan fingerprint density at radius 3 is 2.35 bits per heavy atom. The lowest BCUT2D eigenvalue weighted by molar-refractivity contribution is -0.0676. The number of piperidine rings is 1. The number of rotatable bonds is 6. The Kier molecular flexibility index (Phi) is 5.25. The third kappa shape index (κ3) is 3.32. The normalized spacial score (nSPS) is 38.2. The van der Waals surface area contributed by atoms with Crippen LogP contribution in [-0.2, 0) is 23.7 Å². The lowest BCUT2D eigenvalue weighted by atomic mass is 10.1. The van der Waals surface area contributed by atoms with Crippen LogP contribution in [-0.4, -0.2) is 77.1 Å². The highest BCUT2D eigenvalue weighted by atomic mass is 16.6. The number of hydrogen-bond donors (Lipinski definition) is 1. The fraction of sp³-hybridized carbons (Fsp3) is 1.00. The van der Waals surface area contributed by atoms with Crippen molar-refractivity contribution in [3.63, 3.8) is 0 Å². The number of ether oxygens (including phenoxy) is 5. The van der Waals surface area contributed by atoms with Crippen molar-refractivity contribution in [3.05, 3.63) is 0 Å². The molecule has 3 aliphatic heterocycles. The summed E-state index contributed by atoms with van der Waals surface area (Å²) in [5.74, 6) is 0. The molecular formula is C14H25NO5. The molecule has 0 aliphatic carbocycles. The van der Waals surface area contributed by atoms with E-state index in [1.807, 2.05) is 0 Å². The van der Waals surface area contributed by atoms with E-state index < -0.39 is 0 Å². The fourth-order valence-electron chi connectivity index (χ4n) is 3.15. The van der Waals surface area contributed by atoms with Gasteiger partial charge in [0.25, 0.3) is 0 Å². The number of methoxy groups -OCH3 is 1. The van der Waals surface area contributed by atoms with Gasteiger partial charge in [0.15, 0.2) is 0 Å². The van der Waals surface area contributed by atoms with Crippen molar-refractivity contribution in [1.29, 1.82) is 0 Å². The minimum atomic E-state index is 0.0109. The van der Waals surface area contributed by atoms with Crippen molar-refractivity contribution in [2.24, 2.45) is 0 Å². The first-order chi connectivity index (χ1) is 9.88. The van der Waals surface area contributed by atoms with Crippen LogP contribution < -0.4 is 5.32 Å². The molecule has 3 rings (SSSR count). The molecule has 0 spiro atoms. The van der Waals surface area contributed by atoms with Crippen molar-refractivity contribution < 1.29 is 23.7 Å². The van der Waals surface area contributed by atoms with Crippen LogP contribution in [0, 0.1) is 0 Å². The van der Waals surface area contributed by atoms with Gasteiger partial charge in [-0.3, -0.25) is 0 Å². The van der Waals surface area contributed by atoms with Crippen LogP contribution in [0.3, 0.4) is 0 Å². The Morgan fingerprint density at radius 2 is 1.60 bits per heavy atom. The maximum absolute atomic E-state index is 5.85. The summed E-state index contributed by atoms with van der Waals surface area (Å²) in [6, 6.07) is 0. The van der Waals surface area contributed by atoms with E-state index in [4.69, 9.17) is 23.7 Å². The molecular weight excluding hydrogens is 262 g/mol. The van der Waals surface area contributed by atoms with E-state index in [0.717, 1.165) is 25.9 Å². The molecule has 6 nitrogen and oxygen atoms in total. The second-order valence-corrected chi connectivity index (χ2v) is 5.60. The first kappa shape index (κ1) is 14.7. The predicted octanol–water partition coefficient (Wildman–Crippen LogP) is -0.0472. The summed E-state index contributed by atoms with van der Waals surface area (Å²) in [6.07, 6.45) is 2.66. The monoisotopic (exact) mass is 287 g/mol. The SMILES string of the molecule is CO[C@@H]1COC2C1OC[C@H]2OCCOC1CCNCC1. The molecule has 2 unspecified atom stereocenters. The predicted molar refractivity (Wildman–Crippen MR) is 71.9 cm³/mol. The van der Waals surface area contributed by atoms with Crippen molar-refractivity contribution in [1.82, 2.24) is 5.32 Å². The molecule has 3 aliphatic rings. The molecule has 0 aromatic carbocycles. The topological polar surface area (TPSA) is 58.2 Å². The Morgan fingerprint density at radius 1 is 0.950 bits per heavy atom. The Hall–Kier alpha value is -0.240. The molecule has 20 heavy (non-hydrogen) atoms. The van der Waals surface area contributed by atoms with Gasteiger partial charge >= 0.3 is 0 Å². The average Bonchev–Trinajstić information content (AvgIpc) is 3.07. The maximum Gasteiger partial charge on any atom is 0.115 e. The van der Waals surface area contributed by atoms with E-state index in [9.17, 15) is 0 Å². The number of nitrogens with one attached hydrogen (secondary N) is 1. The molecule has 0 radical (unpaired) electrons. The van der Waals surface area contributed by atoms with Gasteiger partial charge in [-0.1, -0.05) is 0 Å². The van der Waals surface area contributed by atoms with Crippen LogP contribution in [0.5, 0.6) is 0 Å². The number of fused-ring (bicyclic) bond motifs is 1. The molecule has 3 saturated heterocycles. The molecule has 0 saturated carbocycles. The zero-order chi connectivity index (χ0) is 13.8. The molecule has 0 bridgehead atoms. The summed E-state index contributed by atoms with van der Waals surface area (Å²) < 4.78 is 28.5. The van der Waals surface area contributed by atoms with Gasteiger partial charge in [-0.2, -0.15) is 0 Å². The van der Waals surface area contributed by atoms with Gasteiger partial charge in [-0.15, -0.1) is 0 Å². The largest absolute Gasteiger partial charge is 0.376 e. The van der Waals surface area contributed by atoms with Crippen molar-refractivity contribution in [2.45, 2.75) is 43.4 Å². The standard InChI is InChI=1S/C14H25NO5/c1-16-11-8-19-14-12(9-20-13(11)14)18-7-6-17-10-2-4-15-5-3-10/h10-15H,2-9H2,1H3/t11-,12-,13?,14?/m1/s1. The first-order valence-corrected chi connectivity index (χ1v) is 7.58. The Balaban J connectivity index is 1.33. The highest BCUT2D eigenvalue weighted by Gasteiger charge is 2.48. The molecule has 0 amide bonds. The van der Waals surface area contributed by atoms with Crippen molar-refractivity contribution >= 4 is 0 Å². The molecule has 6 heteroatoms. The van der Waals surface area contributed by atoms with Gasteiger partial charge in [0.1, 0.15) is 24.4 Å². The summed E-state index contributed by atoms with van der Waals surface area (Å²) >= 11 is 0. The third-order valence-electron chi connectivity index (χ3n) is 4.32. The summed E-state index contributed by atoms with van der Waals surface area (Å²) in [4.78, 5) is 0. The molecule has 0 aromatic heterocycles. The van der Waals surface area contributed by atoms with Gasteiger partial charge in [-0.05, 0) is 25.9 Å². The number of hydrogen-bond acceptors (Lipinski definition) is 6. The summed E-state index contributed by atoms with van der Waals surface area (Å²) in [5.41, 5.74) is 0. The van der Waals surface area contributed by atoms with Crippen LogP contribution in [0.4, 0.5) is 0 Å². The molecule has 4 atom stereocenters. The fourth-order valence-corrected chi connectivity index (χ4v) is 3.15. The zero-order valence-electron chi connectivity index (χ0n) is 12.1. The van der Waals surface area contributed by atoms with E-state index in [1.54, 1.807) is 7.11 Å². The molecule has 3 heterocycles. The van der Waals surface area contributed by atoms with Gasteiger partial charge in [0, 0.05) is 7.11 Å². The van der Waals surface area contributed by atoms with Crippen LogP contribution in [0.15, 0.2) is 0 Å². The van der Waals surface area contributed by atoms with Crippen molar-refractivity contribution in [2.75, 3.05) is 46.6 Å². The Bertz CT molecular complexity index is 297. The lowest BCUT2D eigenvalue weighted by Crippen LogP contribution is -2.35. The summed E-state index contributed by atoms with van der Waals surface area (Å²) in [5, 5.41) is 3.33. The minimum Gasteiger partial charge on any atom is -0.376 e. The molecule has 3 fully saturated rings. The van der Waals surface area contributed by atoms with Gasteiger partial charge in [0.05, 0.1) is 32.5 Å². The Labute approximate surface area is 120 Å². The smallest absolute Gasteiger partial charge is 0.115 e. The minimum absolute atomic E-state index is 0.0109. The van der Waals surface area contributed by atoms with Crippen molar-refractivity contribution in [3.8, 4) is 0 Å². The first-order valence-electron chi connectivity index (χ1n) is 7.58. The van der Waals surface area contributed by atoms with Gasteiger partial charge in [0.2, 0.25) is 0 Å². The zero-order valence-corrected chi connectivity index (χ0v) is 12.1. The van der Waals surface area contributed by atoms with E-state index >= 15 is 0 Å². The van der Waals surface area contributed by atoms with Gasteiger partial charge in [-0.25, -0.2) is 0 Å². The van der Waals surface area contributed by atoms with Crippen LogP contribution in [0.1, 0.15) is 12.8 Å². The lowest BCUT2D eigenvalue weighted by Gasteiger charge is -2.23. The highest BCUT2D eigenvalue weighted by Crippen LogP contribution is 2.30. The summed E-state index contributed by atoms with van der Waals surface area (Å²) in [6.45, 7) is 4.53. The van der Waals surface area contributed by atoms with E-state index in [-0.39, 0.29) is 24.4 Å². The van der Waals surface area contributed by atoms with E-state index in [1.165, 1.54) is 0 Å². The highest BCUT2D eigenvalue weighted by molar-refractivity contribution is 4.95. The van der Waals surface area contributed by atoms with Crippen LogP contribution in [0.25, 0.3) is 0 Å². The molecule has 0 aromatic rings. The second-order valence-electron chi connectivity index (χ2n) is 5.60. The van der Waals surface area contributed by atoms with Crippen LogP contribution in [0.2, 0.25) is 0 Å². The van der Waals surface area contributed by atoms with Gasteiger partial charge < -0.3 is 29.0 Å². The summed E-state index contributed by atoms with van der Waals surface area (Å²) in [7, 11) is 1.70. The molecule has 1 N–H and O–H groups in total. The second kappa shape index (κ2) is 7.15.